The van der Waals surface area contributed by atoms with E-state index in [1.165, 1.54) is 43.0 Å². The van der Waals surface area contributed by atoms with E-state index in [1.54, 1.807) is 0 Å². The number of fused-ring (bicyclic) bond motifs is 1. The zero-order chi connectivity index (χ0) is 76.4. The van der Waals surface area contributed by atoms with Crippen molar-refractivity contribution in [1.82, 2.24) is 49.6 Å². The van der Waals surface area contributed by atoms with Crippen LogP contribution in [0.4, 0.5) is 17.2 Å². The minimum atomic E-state index is -5.43. The first-order valence-electron chi connectivity index (χ1n) is 31.1. The number of hydrogen-bond donors (Lipinski definition) is 12. The Morgan fingerprint density at radius 3 is 1.72 bits per heavy atom. The number of methoxy groups -OCH3 is 1. The summed E-state index contributed by atoms with van der Waals surface area (Å²) in [6.07, 6.45) is -11.7. The number of nitrogens with one attached hydrogen (secondary N) is 5. The SMILES string of the molecule is COCC1OC(n2cc(C#CCNC(=O)CNC(=O)C(O)CNC(=O)C(N)CN)c(=O)[nH]c2=O)CC1OP(=O)(O)OCC1OC(n2cc(C#Cc3ccc(C(C)=O)c([N+](=O)[O-])c3)c(=O)[nH]c2=O)CC1OP(=O)(O)OCC1OC(n2cc(C#Cc3ccc(C(C)=O)c([N+](=O)[O-])c3)c3c(N)ncnc32)CC1O. The van der Waals surface area contributed by atoms with Crippen molar-refractivity contribution in [3.05, 3.63) is 162 Å². The molecule has 44 heteroatoms. The smallest absolute Gasteiger partial charge is 0.390 e. The number of phosphoric acid groups is 2. The number of nitrogens with two attached hydrogens (primary N) is 3. The maximum atomic E-state index is 14.1. The summed E-state index contributed by atoms with van der Waals surface area (Å²) in [6.45, 7) is -1.79. The highest BCUT2D eigenvalue weighted by Crippen LogP contribution is 2.52. The number of aromatic nitrogens is 7. The Bertz CT molecular complexity index is 4980. The lowest BCUT2D eigenvalue weighted by Gasteiger charge is -2.24. The molecule has 0 spiro atoms. The molecule has 0 aliphatic carbocycles. The van der Waals surface area contributed by atoms with Gasteiger partial charge >= 0.3 is 27.0 Å². The molecule has 3 aliphatic heterocycles. The number of aliphatic hydroxyl groups excluding tert-OH is 2. The van der Waals surface area contributed by atoms with E-state index in [0.717, 1.165) is 53.0 Å². The van der Waals surface area contributed by atoms with Crippen LogP contribution in [-0.2, 0) is 60.6 Å². The fourth-order valence-corrected chi connectivity index (χ4v) is 12.7. The number of aromatic amines is 2. The van der Waals surface area contributed by atoms with Crippen LogP contribution in [0, 0.1) is 55.8 Å². The standard InChI is InChI=1S/C61H65N15O27P2/c1-30(77)37-12-8-32(15-40(37)75(88)89)6-10-34-23-72(55-53(34)54(64)68-29-69-55)50-17-42(79)46(99-50)27-97-104(92,93)103-45-19-52(74-25-36(57(83)71-61(74)87)11-7-33-9-13-38(31(2)78)41(16-33)76(90)91)101-48(45)28-98-105(94,95)102-44-18-51(100-47(44)26-96-3)73-24-35(56(82)70-60(73)86)5-4-14-65-49(81)22-67-59(85)43(80)21-66-58(84)39(63)20-62/h8-9,12-13,15-16,23-25,29,39,42-48,50-52,79-80H,14,17-22,26-28,62-63H2,1-3H3,(H,65,81)(H,66,84)(H,67,85)(H,92,93)(H,94,95)(H2,64,68,69)(H,70,82,86)(H,71,83,87). The van der Waals surface area contributed by atoms with Gasteiger partial charge in [-0.15, -0.1) is 0 Å². The second-order valence-electron chi connectivity index (χ2n) is 23.2. The van der Waals surface area contributed by atoms with Crippen molar-refractivity contribution in [3.8, 4) is 35.5 Å². The number of amides is 3. The first-order valence-corrected chi connectivity index (χ1v) is 34.1. The number of nitro groups is 2. The molecule has 0 saturated carbocycles. The van der Waals surface area contributed by atoms with E-state index in [-0.39, 0.29) is 69.8 Å². The molecule has 13 atom stereocenters. The van der Waals surface area contributed by atoms with Gasteiger partial charge < -0.3 is 76.7 Å². The summed E-state index contributed by atoms with van der Waals surface area (Å²) in [6, 6.07) is 6.10. The number of rotatable bonds is 27. The number of anilines is 1. The predicted molar refractivity (Wildman–Crippen MR) is 356 cm³/mol. The molecule has 3 aliphatic rings. The van der Waals surface area contributed by atoms with Crippen molar-refractivity contribution in [2.24, 2.45) is 11.5 Å². The van der Waals surface area contributed by atoms with Crippen LogP contribution >= 0.6 is 15.6 Å². The van der Waals surface area contributed by atoms with E-state index in [9.17, 15) is 92.5 Å². The molecular formula is C61H65N15O27P2. The van der Waals surface area contributed by atoms with Gasteiger partial charge in [-0.1, -0.05) is 35.5 Å². The van der Waals surface area contributed by atoms with Crippen molar-refractivity contribution in [2.75, 3.05) is 58.8 Å². The summed E-state index contributed by atoms with van der Waals surface area (Å²) in [5.41, 5.74) is 11.1. The first-order chi connectivity index (χ1) is 49.7. The molecule has 4 aromatic heterocycles. The van der Waals surface area contributed by atoms with Gasteiger partial charge in [-0.25, -0.2) is 28.7 Å². The number of nitro benzene ring substituents is 2. The van der Waals surface area contributed by atoms with Crippen molar-refractivity contribution in [3.63, 3.8) is 0 Å². The van der Waals surface area contributed by atoms with E-state index in [4.69, 9.17) is 54.2 Å². The van der Waals surface area contributed by atoms with Gasteiger partial charge in [0.1, 0.15) is 84.2 Å². The number of ketones is 2. The van der Waals surface area contributed by atoms with Gasteiger partial charge in [0.25, 0.3) is 28.4 Å². The molecule has 7 heterocycles. The number of hydrogen-bond acceptors (Lipinski definition) is 30. The van der Waals surface area contributed by atoms with Gasteiger partial charge in [0, 0.05) is 74.8 Å². The molecule has 2 aromatic carbocycles. The molecule has 556 valence electrons. The minimum Gasteiger partial charge on any atom is -0.390 e. The van der Waals surface area contributed by atoms with Crippen LogP contribution in [0.15, 0.2) is 80.5 Å². The summed E-state index contributed by atoms with van der Waals surface area (Å²) in [5, 5.41) is 51.8. The highest BCUT2D eigenvalue weighted by Gasteiger charge is 2.47. The number of carbonyl (C=O) groups excluding carboxylic acids is 5. The van der Waals surface area contributed by atoms with E-state index in [2.05, 4.69) is 66.4 Å². The van der Waals surface area contributed by atoms with Gasteiger partial charge in [-0.2, -0.15) is 0 Å². The van der Waals surface area contributed by atoms with Crippen molar-refractivity contribution in [2.45, 2.75) is 101 Å². The zero-order valence-corrected chi connectivity index (χ0v) is 56.9. The third-order valence-electron chi connectivity index (χ3n) is 16.0. The Morgan fingerprint density at radius 2 is 1.20 bits per heavy atom. The van der Waals surface area contributed by atoms with Crippen LogP contribution < -0.4 is 55.6 Å². The van der Waals surface area contributed by atoms with E-state index in [0.29, 0.717) is 0 Å². The molecule has 0 bridgehead atoms. The average Bonchev–Trinajstić information content (AvgIpc) is 1.62. The van der Waals surface area contributed by atoms with Crippen LogP contribution in [0.25, 0.3) is 11.0 Å². The number of ether oxygens (including phenoxy) is 4. The molecule has 13 unspecified atom stereocenters. The van der Waals surface area contributed by atoms with Gasteiger partial charge in [0.2, 0.25) is 11.8 Å². The molecule has 9 rings (SSSR count). The summed E-state index contributed by atoms with van der Waals surface area (Å²) in [4.78, 5) is 171. The van der Waals surface area contributed by atoms with Crippen LogP contribution in [0.3, 0.4) is 0 Å². The van der Waals surface area contributed by atoms with Crippen LogP contribution in [-0.4, -0.2) is 195 Å². The topological polar surface area (TPSA) is 615 Å². The molecule has 3 amide bonds. The monoisotopic (exact) mass is 1500 g/mol. The van der Waals surface area contributed by atoms with E-state index >= 15 is 0 Å². The number of nitrogens with zero attached hydrogens (tertiary/aromatic N) is 7. The fraction of sp³-hybridized carbons (Fsp3) is 0.393. The second kappa shape index (κ2) is 33.9. The number of H-pyrrole nitrogens is 2. The summed E-state index contributed by atoms with van der Waals surface area (Å²) in [5.74, 6) is 11.9. The first kappa shape index (κ1) is 78.5. The predicted octanol–water partition coefficient (Wildman–Crippen LogP) is -2.64. The molecule has 42 nitrogen and oxygen atoms in total. The number of carbonyl (C=O) groups is 5. The number of nitrogen functional groups attached to an aromatic ring is 1. The number of benzene rings is 2. The summed E-state index contributed by atoms with van der Waals surface area (Å²) in [7, 11) is -9.60. The van der Waals surface area contributed by atoms with E-state index < -0.39 is 207 Å². The van der Waals surface area contributed by atoms with Gasteiger partial charge in [-0.05, 0) is 38.1 Å². The Balaban J connectivity index is 0.898. The highest BCUT2D eigenvalue weighted by atomic mass is 31.2. The number of Topliss-reactive ketones (excluding diaryl/α,β-unsaturated/α-hetero) is 2. The number of aliphatic hydroxyl groups is 2. The maximum Gasteiger partial charge on any atom is 0.472 e. The normalized spacial score (nSPS) is 21.4. The summed E-state index contributed by atoms with van der Waals surface area (Å²) < 4.78 is 76.5. The molecule has 0 radical (unpaired) electrons. The highest BCUT2D eigenvalue weighted by molar-refractivity contribution is 7.47. The zero-order valence-electron chi connectivity index (χ0n) is 55.1. The van der Waals surface area contributed by atoms with Crippen molar-refractivity contribution < 1.29 is 100.0 Å². The molecule has 3 fully saturated rings. The lowest BCUT2D eigenvalue weighted by Crippen LogP contribution is -2.50. The third-order valence-corrected chi connectivity index (χ3v) is 18.0. The van der Waals surface area contributed by atoms with Crippen LogP contribution in [0.1, 0.15) is 100 Å². The summed E-state index contributed by atoms with van der Waals surface area (Å²) >= 11 is 0. The molecule has 105 heavy (non-hydrogen) atoms. The Hall–Kier alpha value is -10.7. The molecular weight excluding hydrogens is 1440 g/mol. The second-order valence-corrected chi connectivity index (χ2v) is 26.1. The Morgan fingerprint density at radius 1 is 0.705 bits per heavy atom. The van der Waals surface area contributed by atoms with Crippen LogP contribution in [0.2, 0.25) is 0 Å². The largest absolute Gasteiger partial charge is 0.472 e. The molecule has 3 saturated heterocycles. The average molecular weight is 1500 g/mol. The molecule has 6 aromatic rings. The third kappa shape index (κ3) is 19.6. The van der Waals surface area contributed by atoms with Gasteiger partial charge in [0.05, 0.1) is 83.5 Å². The number of phosphoric ester groups is 2. The fourth-order valence-electron chi connectivity index (χ4n) is 10.8. The van der Waals surface area contributed by atoms with Gasteiger partial charge in [-0.3, -0.25) is 91.0 Å². The van der Waals surface area contributed by atoms with Crippen molar-refractivity contribution in [1.29, 1.82) is 0 Å². The quantitative estimate of drug-likeness (QED) is 0.00824. The Kier molecular flexibility index (Phi) is 25.3. The van der Waals surface area contributed by atoms with E-state index in [1.807, 2.05) is 4.98 Å². The lowest BCUT2D eigenvalue weighted by atomic mass is 10.1. The lowest BCUT2D eigenvalue weighted by molar-refractivity contribution is -0.385. The molecule has 15 N–H and O–H groups in total. The Labute approximate surface area is 589 Å². The maximum absolute atomic E-state index is 14.1. The van der Waals surface area contributed by atoms with Gasteiger partial charge in [0.15, 0.2) is 11.6 Å². The van der Waals surface area contributed by atoms with Crippen LogP contribution in [0.5, 0.6) is 0 Å². The minimum absolute atomic E-state index is 0.0375. The van der Waals surface area contributed by atoms with Crippen molar-refractivity contribution >= 4 is 73.2 Å².